The van der Waals surface area contributed by atoms with Crippen molar-refractivity contribution in [3.05, 3.63) is 0 Å². The van der Waals surface area contributed by atoms with Crippen LogP contribution < -0.4 is 5.32 Å². The van der Waals surface area contributed by atoms with Crippen molar-refractivity contribution >= 4 is 0 Å². The summed E-state index contributed by atoms with van der Waals surface area (Å²) in [5, 5.41) is 3.27. The highest BCUT2D eigenvalue weighted by Crippen LogP contribution is 2.29. The van der Waals surface area contributed by atoms with E-state index in [-0.39, 0.29) is 5.60 Å². The highest BCUT2D eigenvalue weighted by Gasteiger charge is 2.36. The van der Waals surface area contributed by atoms with Gasteiger partial charge in [0.15, 0.2) is 0 Å². The number of nitrogens with zero attached hydrogens (tertiary/aromatic N) is 1. The second kappa shape index (κ2) is 4.84. The van der Waals surface area contributed by atoms with Crippen LogP contribution in [0.2, 0.25) is 0 Å². The average molecular weight is 240 g/mol. The van der Waals surface area contributed by atoms with Gasteiger partial charge in [0, 0.05) is 32.2 Å². The van der Waals surface area contributed by atoms with Crippen molar-refractivity contribution < 1.29 is 9.47 Å². The van der Waals surface area contributed by atoms with Crippen LogP contribution in [0.3, 0.4) is 0 Å². The van der Waals surface area contributed by atoms with Crippen LogP contribution in [0.15, 0.2) is 0 Å². The van der Waals surface area contributed by atoms with Crippen molar-refractivity contribution in [2.24, 2.45) is 0 Å². The lowest BCUT2D eigenvalue weighted by atomic mass is 10.0. The quantitative estimate of drug-likeness (QED) is 0.781. The van der Waals surface area contributed by atoms with Crippen LogP contribution in [0.25, 0.3) is 0 Å². The van der Waals surface area contributed by atoms with Crippen LogP contribution in [0.1, 0.15) is 26.2 Å². The van der Waals surface area contributed by atoms with E-state index in [0.717, 1.165) is 39.4 Å². The molecule has 1 aliphatic carbocycles. The summed E-state index contributed by atoms with van der Waals surface area (Å²) in [4.78, 5) is 2.58. The smallest absolute Gasteiger partial charge is 0.0902 e. The monoisotopic (exact) mass is 240 g/mol. The third-order valence-corrected chi connectivity index (χ3v) is 4.42. The molecule has 0 amide bonds. The first-order valence-corrected chi connectivity index (χ1v) is 6.97. The number of hydrogen-bond acceptors (Lipinski definition) is 4. The molecule has 4 nitrogen and oxygen atoms in total. The van der Waals surface area contributed by atoms with Crippen LogP contribution in [0, 0.1) is 0 Å². The van der Waals surface area contributed by atoms with Crippen LogP contribution in [0.5, 0.6) is 0 Å². The number of morpholine rings is 1. The van der Waals surface area contributed by atoms with Gasteiger partial charge in [0.2, 0.25) is 0 Å². The highest BCUT2D eigenvalue weighted by atomic mass is 16.5. The Morgan fingerprint density at radius 2 is 2.29 bits per heavy atom. The lowest BCUT2D eigenvalue weighted by molar-refractivity contribution is -0.0957. The van der Waals surface area contributed by atoms with Gasteiger partial charge in [0.25, 0.3) is 0 Å². The lowest BCUT2D eigenvalue weighted by Crippen LogP contribution is -2.59. The van der Waals surface area contributed by atoms with Crippen LogP contribution in [-0.2, 0) is 9.47 Å². The van der Waals surface area contributed by atoms with Gasteiger partial charge in [-0.15, -0.1) is 0 Å². The summed E-state index contributed by atoms with van der Waals surface area (Å²) in [6, 6.07) is 0.666. The van der Waals surface area contributed by atoms with E-state index in [4.69, 9.17) is 9.47 Å². The third-order valence-electron chi connectivity index (χ3n) is 4.42. The maximum atomic E-state index is 5.97. The standard InChI is InChI=1S/C13H24N2O2/c1-13(9-14-10-13)17-8-6-15-5-7-16-12-4-2-3-11(12)15/h11-12,14H,2-10H2,1H3. The summed E-state index contributed by atoms with van der Waals surface area (Å²) >= 11 is 0. The molecule has 2 heterocycles. The minimum atomic E-state index is 0.0986. The average Bonchev–Trinajstić information content (AvgIpc) is 2.75. The maximum Gasteiger partial charge on any atom is 0.0902 e. The molecule has 2 saturated heterocycles. The lowest BCUT2D eigenvalue weighted by Gasteiger charge is -2.41. The van der Waals surface area contributed by atoms with Crippen molar-refractivity contribution in [2.45, 2.75) is 43.9 Å². The fourth-order valence-corrected chi connectivity index (χ4v) is 3.27. The Labute approximate surface area is 104 Å². The zero-order chi connectivity index (χ0) is 11.7. The van der Waals surface area contributed by atoms with E-state index in [1.165, 1.54) is 19.3 Å². The minimum absolute atomic E-state index is 0.0986. The van der Waals surface area contributed by atoms with E-state index >= 15 is 0 Å². The fraction of sp³-hybridized carbons (Fsp3) is 1.00. The molecule has 0 aromatic rings. The molecule has 1 N–H and O–H groups in total. The van der Waals surface area contributed by atoms with E-state index < -0.39 is 0 Å². The largest absolute Gasteiger partial charge is 0.375 e. The maximum absolute atomic E-state index is 5.97. The van der Waals surface area contributed by atoms with Crippen molar-refractivity contribution in [1.29, 1.82) is 0 Å². The van der Waals surface area contributed by atoms with Crippen LogP contribution >= 0.6 is 0 Å². The van der Waals surface area contributed by atoms with Crippen molar-refractivity contribution in [1.82, 2.24) is 10.2 Å². The Morgan fingerprint density at radius 1 is 1.41 bits per heavy atom. The van der Waals surface area contributed by atoms with E-state index in [1.54, 1.807) is 0 Å². The SMILES string of the molecule is CC1(OCCN2CCOC3CCCC32)CNC1. The van der Waals surface area contributed by atoms with E-state index in [2.05, 4.69) is 17.1 Å². The molecule has 3 fully saturated rings. The van der Waals surface area contributed by atoms with Crippen LogP contribution in [-0.4, -0.2) is 62.0 Å². The normalized spacial score (nSPS) is 36.5. The molecule has 2 unspecified atom stereocenters. The molecule has 4 heteroatoms. The minimum Gasteiger partial charge on any atom is -0.375 e. The Morgan fingerprint density at radius 3 is 3.06 bits per heavy atom. The summed E-state index contributed by atoms with van der Waals surface area (Å²) < 4.78 is 11.8. The number of rotatable bonds is 4. The molecule has 1 saturated carbocycles. The summed E-state index contributed by atoms with van der Waals surface area (Å²) in [5.74, 6) is 0. The molecule has 17 heavy (non-hydrogen) atoms. The van der Waals surface area contributed by atoms with Gasteiger partial charge in [-0.3, -0.25) is 4.90 Å². The Kier molecular flexibility index (Phi) is 3.39. The molecule has 2 atom stereocenters. The first-order chi connectivity index (χ1) is 8.27. The molecular weight excluding hydrogens is 216 g/mol. The van der Waals surface area contributed by atoms with Gasteiger partial charge in [0.1, 0.15) is 0 Å². The van der Waals surface area contributed by atoms with Gasteiger partial charge in [-0.25, -0.2) is 0 Å². The zero-order valence-electron chi connectivity index (χ0n) is 10.8. The van der Waals surface area contributed by atoms with Gasteiger partial charge in [-0.2, -0.15) is 0 Å². The number of ether oxygens (including phenoxy) is 2. The van der Waals surface area contributed by atoms with E-state index in [1.807, 2.05) is 0 Å². The summed E-state index contributed by atoms with van der Waals surface area (Å²) in [5.41, 5.74) is 0.0986. The highest BCUT2D eigenvalue weighted by molar-refractivity contribution is 4.91. The van der Waals surface area contributed by atoms with Gasteiger partial charge in [-0.05, 0) is 26.2 Å². The first kappa shape index (κ1) is 11.9. The van der Waals surface area contributed by atoms with Gasteiger partial charge < -0.3 is 14.8 Å². The molecule has 98 valence electrons. The summed E-state index contributed by atoms with van der Waals surface area (Å²) in [6.07, 6.45) is 4.39. The number of fused-ring (bicyclic) bond motifs is 1. The topological polar surface area (TPSA) is 33.7 Å². The molecule has 2 aliphatic heterocycles. The van der Waals surface area contributed by atoms with E-state index in [9.17, 15) is 0 Å². The zero-order valence-corrected chi connectivity index (χ0v) is 10.8. The number of hydrogen-bond donors (Lipinski definition) is 1. The summed E-state index contributed by atoms with van der Waals surface area (Å²) in [6.45, 7) is 8.12. The molecule has 3 rings (SSSR count). The van der Waals surface area contributed by atoms with Gasteiger partial charge >= 0.3 is 0 Å². The molecular formula is C13H24N2O2. The third kappa shape index (κ3) is 2.50. The van der Waals surface area contributed by atoms with Crippen molar-refractivity contribution in [3.8, 4) is 0 Å². The Balaban J connectivity index is 1.44. The van der Waals surface area contributed by atoms with E-state index in [0.29, 0.717) is 12.1 Å². The Hall–Kier alpha value is -0.160. The van der Waals surface area contributed by atoms with Crippen LogP contribution in [0.4, 0.5) is 0 Å². The van der Waals surface area contributed by atoms with Crippen molar-refractivity contribution in [3.63, 3.8) is 0 Å². The molecule has 0 aromatic carbocycles. The van der Waals surface area contributed by atoms with Gasteiger partial charge in [0.05, 0.1) is 24.9 Å². The summed E-state index contributed by atoms with van der Waals surface area (Å²) in [7, 11) is 0. The second-order valence-electron chi connectivity index (χ2n) is 5.85. The fourth-order valence-electron chi connectivity index (χ4n) is 3.27. The molecule has 0 radical (unpaired) electrons. The van der Waals surface area contributed by atoms with Gasteiger partial charge in [-0.1, -0.05) is 0 Å². The molecule has 0 bridgehead atoms. The predicted molar refractivity (Wildman–Crippen MR) is 66.2 cm³/mol. The number of nitrogens with one attached hydrogen (secondary N) is 1. The predicted octanol–water partition coefficient (Wildman–Crippen LogP) is 0.618. The molecule has 3 aliphatic rings. The molecule has 0 spiro atoms. The molecule has 0 aromatic heterocycles. The van der Waals surface area contributed by atoms with Crippen molar-refractivity contribution in [2.75, 3.05) is 39.4 Å². The first-order valence-electron chi connectivity index (χ1n) is 6.97. The Bertz CT molecular complexity index is 268. The second-order valence-corrected chi connectivity index (χ2v) is 5.85.